The quantitative estimate of drug-likeness (QED) is 0.658. The van der Waals surface area contributed by atoms with Gasteiger partial charge in [0, 0.05) is 29.4 Å². The minimum Gasteiger partial charge on any atom is -0.358 e. The molecule has 0 radical (unpaired) electrons. The number of fused-ring (bicyclic) bond motifs is 1. The van der Waals surface area contributed by atoms with E-state index in [1.165, 1.54) is 22.3 Å². The second-order valence-corrected chi connectivity index (χ2v) is 5.91. The van der Waals surface area contributed by atoms with Crippen molar-refractivity contribution in [1.29, 1.82) is 0 Å². The fraction of sp³-hybridized carbons (Fsp3) is 0.200. The van der Waals surface area contributed by atoms with Gasteiger partial charge in [-0.3, -0.25) is 10.1 Å². The lowest BCUT2D eigenvalue weighted by Gasteiger charge is -2.22. The molecule has 4 nitrogen and oxygen atoms in total. The molecule has 5 heteroatoms. The molecule has 3 rings (SSSR count). The van der Waals surface area contributed by atoms with Crippen molar-refractivity contribution in [2.45, 2.75) is 6.92 Å². The molecule has 1 aliphatic carbocycles. The van der Waals surface area contributed by atoms with Crippen LogP contribution >= 0.6 is 15.9 Å². The summed E-state index contributed by atoms with van der Waals surface area (Å²) in [6, 6.07) is 6.63. The molecule has 1 aliphatic heterocycles. The Bertz CT molecular complexity index is 659. The average Bonchev–Trinajstić information content (AvgIpc) is 2.88. The zero-order chi connectivity index (χ0) is 14.3. The molecule has 102 valence electrons. The van der Waals surface area contributed by atoms with E-state index in [2.05, 4.69) is 46.4 Å². The van der Waals surface area contributed by atoms with Gasteiger partial charge >= 0.3 is 0 Å². The zero-order valence-electron chi connectivity index (χ0n) is 10.8. The molecular weight excluding hydrogens is 320 g/mol. The summed E-state index contributed by atoms with van der Waals surface area (Å²) in [6.45, 7) is 2.18. The van der Waals surface area contributed by atoms with E-state index in [9.17, 15) is 10.1 Å². The van der Waals surface area contributed by atoms with E-state index in [-0.39, 0.29) is 10.6 Å². The molecule has 0 saturated carbocycles. The SMILES string of the molecule is CC1C(Br)=CC=C2NC(c3ccc([N+](=O)[O-])cc3)=CC21. The molecule has 0 aromatic heterocycles. The van der Waals surface area contributed by atoms with Gasteiger partial charge in [0.1, 0.15) is 0 Å². The first kappa shape index (κ1) is 13.1. The van der Waals surface area contributed by atoms with Crippen LogP contribution in [0.15, 0.2) is 52.7 Å². The van der Waals surface area contributed by atoms with Gasteiger partial charge in [-0.2, -0.15) is 0 Å². The van der Waals surface area contributed by atoms with Gasteiger partial charge in [-0.25, -0.2) is 0 Å². The number of nitrogens with zero attached hydrogens (tertiary/aromatic N) is 1. The van der Waals surface area contributed by atoms with Crippen LogP contribution in [-0.2, 0) is 0 Å². The van der Waals surface area contributed by atoms with Crippen molar-refractivity contribution < 1.29 is 4.92 Å². The minimum atomic E-state index is -0.383. The fourth-order valence-electron chi connectivity index (χ4n) is 2.54. The standard InChI is InChI=1S/C15H13BrN2O2/c1-9-12-8-15(17-14(12)7-6-13(9)16)10-2-4-11(5-3-10)18(19)20/h2-9,12,17H,1H3. The number of benzene rings is 1. The van der Waals surface area contributed by atoms with Gasteiger partial charge in [-0.1, -0.05) is 35.0 Å². The fourth-order valence-corrected chi connectivity index (χ4v) is 2.96. The molecule has 1 aromatic rings. The van der Waals surface area contributed by atoms with Gasteiger partial charge in [0.25, 0.3) is 5.69 Å². The Kier molecular flexibility index (Phi) is 3.22. The summed E-state index contributed by atoms with van der Waals surface area (Å²) in [6.07, 6.45) is 6.33. The summed E-state index contributed by atoms with van der Waals surface area (Å²) < 4.78 is 1.19. The number of rotatable bonds is 2. The molecule has 1 aromatic carbocycles. The summed E-state index contributed by atoms with van der Waals surface area (Å²) in [7, 11) is 0. The Balaban J connectivity index is 1.88. The number of nitrogens with one attached hydrogen (secondary N) is 1. The summed E-state index contributed by atoms with van der Waals surface area (Å²) in [4.78, 5) is 10.3. The Hall–Kier alpha value is -1.88. The van der Waals surface area contributed by atoms with Crippen molar-refractivity contribution in [2.24, 2.45) is 11.8 Å². The first-order chi connectivity index (χ1) is 9.56. The van der Waals surface area contributed by atoms with Crippen LogP contribution in [0.1, 0.15) is 12.5 Å². The van der Waals surface area contributed by atoms with Crippen LogP contribution in [0.4, 0.5) is 5.69 Å². The third kappa shape index (κ3) is 2.18. The highest BCUT2D eigenvalue weighted by Crippen LogP contribution is 2.39. The number of halogens is 1. The predicted octanol–water partition coefficient (Wildman–Crippen LogP) is 3.97. The maximum absolute atomic E-state index is 10.7. The summed E-state index contributed by atoms with van der Waals surface area (Å²) in [5.74, 6) is 0.734. The summed E-state index contributed by atoms with van der Waals surface area (Å²) in [5.41, 5.74) is 3.27. The van der Waals surface area contributed by atoms with Gasteiger partial charge < -0.3 is 5.32 Å². The number of non-ortho nitro benzene ring substituents is 1. The number of hydrogen-bond donors (Lipinski definition) is 1. The lowest BCUT2D eigenvalue weighted by molar-refractivity contribution is -0.384. The van der Waals surface area contributed by atoms with E-state index in [4.69, 9.17) is 0 Å². The normalized spacial score (nSPS) is 24.2. The minimum absolute atomic E-state index is 0.113. The molecule has 0 saturated heterocycles. The van der Waals surface area contributed by atoms with Crippen LogP contribution in [0.2, 0.25) is 0 Å². The van der Waals surface area contributed by atoms with Crippen molar-refractivity contribution in [3.05, 3.63) is 68.4 Å². The first-order valence-electron chi connectivity index (χ1n) is 6.37. The molecule has 0 spiro atoms. The maximum Gasteiger partial charge on any atom is 0.269 e. The number of nitro groups is 1. The molecule has 0 fully saturated rings. The highest BCUT2D eigenvalue weighted by molar-refractivity contribution is 9.11. The molecular formula is C15H13BrN2O2. The van der Waals surface area contributed by atoms with Crippen molar-refractivity contribution in [3.8, 4) is 0 Å². The number of allylic oxidation sites excluding steroid dienone is 4. The van der Waals surface area contributed by atoms with E-state index in [1.54, 1.807) is 12.1 Å². The molecule has 20 heavy (non-hydrogen) atoms. The highest BCUT2D eigenvalue weighted by Gasteiger charge is 2.30. The van der Waals surface area contributed by atoms with E-state index in [0.717, 1.165) is 11.3 Å². The monoisotopic (exact) mass is 332 g/mol. The lowest BCUT2D eigenvalue weighted by atomic mass is 9.88. The number of hydrogen-bond acceptors (Lipinski definition) is 3. The molecule has 0 bridgehead atoms. The van der Waals surface area contributed by atoms with Crippen molar-refractivity contribution in [3.63, 3.8) is 0 Å². The van der Waals surface area contributed by atoms with E-state index in [0.29, 0.717) is 11.8 Å². The molecule has 0 amide bonds. The smallest absolute Gasteiger partial charge is 0.269 e. The van der Waals surface area contributed by atoms with Crippen molar-refractivity contribution in [2.75, 3.05) is 0 Å². The van der Waals surface area contributed by atoms with Gasteiger partial charge in [-0.15, -0.1) is 0 Å². The Morgan fingerprint density at radius 1 is 1.25 bits per heavy atom. The Labute approximate surface area is 125 Å². The van der Waals surface area contributed by atoms with E-state index >= 15 is 0 Å². The predicted molar refractivity (Wildman–Crippen MR) is 82.0 cm³/mol. The molecule has 1 heterocycles. The molecule has 1 N–H and O–H groups in total. The van der Waals surface area contributed by atoms with Crippen LogP contribution in [0.5, 0.6) is 0 Å². The van der Waals surface area contributed by atoms with Crippen molar-refractivity contribution >= 4 is 27.3 Å². The van der Waals surface area contributed by atoms with Gasteiger partial charge in [-0.05, 0) is 34.2 Å². The van der Waals surface area contributed by atoms with Gasteiger partial charge in [0.05, 0.1) is 4.92 Å². The summed E-state index contributed by atoms with van der Waals surface area (Å²) in [5, 5.41) is 14.1. The Morgan fingerprint density at radius 2 is 1.95 bits per heavy atom. The van der Waals surface area contributed by atoms with E-state index in [1.807, 2.05) is 0 Å². The number of nitro benzene ring substituents is 1. The molecule has 2 atom stereocenters. The topological polar surface area (TPSA) is 55.2 Å². The second-order valence-electron chi connectivity index (χ2n) is 5.00. The Morgan fingerprint density at radius 3 is 2.60 bits per heavy atom. The zero-order valence-corrected chi connectivity index (χ0v) is 12.4. The maximum atomic E-state index is 10.7. The average molecular weight is 333 g/mol. The van der Waals surface area contributed by atoms with Crippen LogP contribution in [0.25, 0.3) is 5.70 Å². The van der Waals surface area contributed by atoms with E-state index < -0.39 is 0 Å². The second kappa shape index (κ2) is 4.90. The first-order valence-corrected chi connectivity index (χ1v) is 7.16. The van der Waals surface area contributed by atoms with Crippen LogP contribution in [0, 0.1) is 22.0 Å². The van der Waals surface area contributed by atoms with Crippen LogP contribution in [-0.4, -0.2) is 4.92 Å². The summed E-state index contributed by atoms with van der Waals surface area (Å²) >= 11 is 3.58. The third-order valence-corrected chi connectivity index (χ3v) is 4.76. The van der Waals surface area contributed by atoms with Gasteiger partial charge in [0.15, 0.2) is 0 Å². The lowest BCUT2D eigenvalue weighted by Crippen LogP contribution is -2.17. The third-order valence-electron chi connectivity index (χ3n) is 3.77. The largest absolute Gasteiger partial charge is 0.358 e. The van der Waals surface area contributed by atoms with Crippen molar-refractivity contribution in [1.82, 2.24) is 5.32 Å². The highest BCUT2D eigenvalue weighted by atomic mass is 79.9. The van der Waals surface area contributed by atoms with Crippen LogP contribution < -0.4 is 5.32 Å². The van der Waals surface area contributed by atoms with Crippen LogP contribution in [0.3, 0.4) is 0 Å². The van der Waals surface area contributed by atoms with Gasteiger partial charge in [0.2, 0.25) is 0 Å². The molecule has 2 aliphatic rings. The molecule has 2 unspecified atom stereocenters.